The van der Waals surface area contributed by atoms with Gasteiger partial charge in [-0.1, -0.05) is 20.8 Å². The molecule has 0 heterocycles. The van der Waals surface area contributed by atoms with Gasteiger partial charge in [-0.05, 0) is 25.7 Å². The lowest BCUT2D eigenvalue weighted by atomic mass is 10.2. The third-order valence-corrected chi connectivity index (χ3v) is 7.50. The highest BCUT2D eigenvalue weighted by Crippen LogP contribution is 2.31. The summed E-state index contributed by atoms with van der Waals surface area (Å²) in [5, 5.41) is 0.372. The van der Waals surface area contributed by atoms with E-state index in [-0.39, 0.29) is 0 Å². The van der Waals surface area contributed by atoms with Gasteiger partial charge in [0.1, 0.15) is 0 Å². The Labute approximate surface area is 65.6 Å². The molecule has 0 aromatic heterocycles. The minimum Gasteiger partial charge on any atom is -0.328 e. The van der Waals surface area contributed by atoms with Crippen LogP contribution in [0, 0.1) is 0 Å². The average Bonchev–Trinajstić information content (AvgIpc) is 1.84. The van der Waals surface area contributed by atoms with E-state index in [4.69, 9.17) is 0 Å². The standard InChI is InChI=1S/C7H20N2Si/c1-7(2,3)10(6,8-4)9-5/h8-9H,1-6H3. The van der Waals surface area contributed by atoms with Gasteiger partial charge in [-0.25, -0.2) is 0 Å². The fourth-order valence-corrected chi connectivity index (χ4v) is 2.62. The van der Waals surface area contributed by atoms with Crippen LogP contribution in [0.3, 0.4) is 0 Å². The molecule has 3 heteroatoms. The smallest absolute Gasteiger partial charge is 0.203 e. The maximum atomic E-state index is 3.40. The molecule has 0 bridgehead atoms. The second-order valence-electron chi connectivity index (χ2n) is 3.88. The van der Waals surface area contributed by atoms with Crippen LogP contribution in [0.15, 0.2) is 0 Å². The van der Waals surface area contributed by atoms with Crippen LogP contribution in [0.1, 0.15) is 20.8 Å². The molecule has 0 aliphatic heterocycles. The normalized spacial score (nSPS) is 13.8. The van der Waals surface area contributed by atoms with Crippen LogP contribution in [0.5, 0.6) is 0 Å². The largest absolute Gasteiger partial charge is 0.328 e. The van der Waals surface area contributed by atoms with Crippen molar-refractivity contribution in [2.24, 2.45) is 0 Å². The topological polar surface area (TPSA) is 24.1 Å². The van der Waals surface area contributed by atoms with E-state index in [2.05, 4.69) is 37.3 Å². The molecule has 10 heavy (non-hydrogen) atoms. The predicted octanol–water partition coefficient (Wildman–Crippen LogP) is 1.30. The van der Waals surface area contributed by atoms with E-state index in [9.17, 15) is 0 Å². The van der Waals surface area contributed by atoms with E-state index < -0.39 is 8.40 Å². The van der Waals surface area contributed by atoms with Crippen molar-refractivity contribution in [1.82, 2.24) is 9.96 Å². The summed E-state index contributed by atoms with van der Waals surface area (Å²) in [6, 6.07) is 0. The average molecular weight is 160 g/mol. The van der Waals surface area contributed by atoms with Crippen LogP contribution < -0.4 is 9.96 Å². The van der Waals surface area contributed by atoms with E-state index >= 15 is 0 Å². The summed E-state index contributed by atoms with van der Waals surface area (Å²) in [4.78, 5) is 6.79. The van der Waals surface area contributed by atoms with Crippen molar-refractivity contribution in [3.63, 3.8) is 0 Å². The summed E-state index contributed by atoms with van der Waals surface area (Å²) in [7, 11) is 2.67. The van der Waals surface area contributed by atoms with Crippen molar-refractivity contribution < 1.29 is 0 Å². The van der Waals surface area contributed by atoms with Gasteiger partial charge < -0.3 is 9.96 Å². The summed E-state index contributed by atoms with van der Waals surface area (Å²) in [5.74, 6) is 0. The molecule has 0 aromatic rings. The Morgan fingerprint density at radius 2 is 1.30 bits per heavy atom. The van der Waals surface area contributed by atoms with E-state index in [1.165, 1.54) is 0 Å². The van der Waals surface area contributed by atoms with E-state index in [0.29, 0.717) is 5.04 Å². The number of hydrogen-bond acceptors (Lipinski definition) is 2. The number of rotatable bonds is 2. The molecule has 0 saturated heterocycles. The van der Waals surface area contributed by atoms with E-state index in [0.717, 1.165) is 0 Å². The zero-order valence-corrected chi connectivity index (χ0v) is 9.00. The third kappa shape index (κ3) is 1.81. The highest BCUT2D eigenvalue weighted by molar-refractivity contribution is 6.76. The monoisotopic (exact) mass is 160 g/mol. The molecule has 2 nitrogen and oxygen atoms in total. The van der Waals surface area contributed by atoms with Crippen LogP contribution >= 0.6 is 0 Å². The summed E-state index contributed by atoms with van der Waals surface area (Å²) >= 11 is 0. The first-order valence-electron chi connectivity index (χ1n) is 3.75. The summed E-state index contributed by atoms with van der Waals surface area (Å²) in [5.41, 5.74) is 0. The fraction of sp³-hybridized carbons (Fsp3) is 1.00. The molecule has 0 aliphatic carbocycles. The van der Waals surface area contributed by atoms with Crippen LogP contribution in [-0.2, 0) is 0 Å². The molecule has 0 spiro atoms. The molecule has 0 aliphatic rings. The van der Waals surface area contributed by atoms with Crippen molar-refractivity contribution in [2.45, 2.75) is 32.4 Å². The Morgan fingerprint density at radius 1 is 1.00 bits per heavy atom. The van der Waals surface area contributed by atoms with Crippen LogP contribution in [0.4, 0.5) is 0 Å². The predicted molar refractivity (Wildman–Crippen MR) is 49.5 cm³/mol. The molecule has 0 aromatic carbocycles. The van der Waals surface area contributed by atoms with Gasteiger partial charge in [0, 0.05) is 0 Å². The van der Waals surface area contributed by atoms with Gasteiger partial charge >= 0.3 is 0 Å². The summed E-state index contributed by atoms with van der Waals surface area (Å²) in [6.07, 6.45) is 0. The van der Waals surface area contributed by atoms with Gasteiger partial charge in [-0.2, -0.15) is 0 Å². The lowest BCUT2D eigenvalue weighted by Gasteiger charge is -2.38. The van der Waals surface area contributed by atoms with Gasteiger partial charge in [0.15, 0.2) is 0 Å². The Kier molecular flexibility index (Phi) is 3.07. The molecule has 0 atom stereocenters. The van der Waals surface area contributed by atoms with Crippen LogP contribution in [0.2, 0.25) is 11.6 Å². The van der Waals surface area contributed by atoms with Crippen molar-refractivity contribution in [3.05, 3.63) is 0 Å². The molecular formula is C7H20N2Si. The maximum absolute atomic E-state index is 3.40. The Bertz CT molecular complexity index is 103. The molecule has 62 valence electrons. The molecule has 0 amide bonds. The van der Waals surface area contributed by atoms with Gasteiger partial charge in [-0.15, -0.1) is 0 Å². The third-order valence-electron chi connectivity index (χ3n) is 2.50. The van der Waals surface area contributed by atoms with Crippen LogP contribution in [-0.4, -0.2) is 22.5 Å². The highest BCUT2D eigenvalue weighted by atomic mass is 28.3. The number of hydrogen-bond donors (Lipinski definition) is 2. The second kappa shape index (κ2) is 3.03. The first-order chi connectivity index (χ1) is 4.37. The molecule has 0 unspecified atom stereocenters. The van der Waals surface area contributed by atoms with Crippen molar-refractivity contribution in [3.8, 4) is 0 Å². The van der Waals surface area contributed by atoms with Gasteiger partial charge in [0.2, 0.25) is 8.40 Å². The number of nitrogens with one attached hydrogen (secondary N) is 2. The Hall–Kier alpha value is 0.137. The molecule has 0 rings (SSSR count). The summed E-state index contributed by atoms with van der Waals surface area (Å²) in [6.45, 7) is 9.11. The van der Waals surface area contributed by atoms with E-state index in [1.807, 2.05) is 14.1 Å². The zero-order valence-electron chi connectivity index (χ0n) is 8.00. The van der Waals surface area contributed by atoms with E-state index in [1.54, 1.807) is 0 Å². The Balaban J connectivity index is 4.33. The lowest BCUT2D eigenvalue weighted by Crippen LogP contribution is -2.63. The lowest BCUT2D eigenvalue weighted by molar-refractivity contribution is 0.674. The minimum absolute atomic E-state index is 0.372. The zero-order chi connectivity index (χ0) is 8.41. The van der Waals surface area contributed by atoms with Gasteiger partial charge in [-0.3, -0.25) is 0 Å². The van der Waals surface area contributed by atoms with Crippen molar-refractivity contribution >= 4 is 8.40 Å². The van der Waals surface area contributed by atoms with Gasteiger partial charge in [0.25, 0.3) is 0 Å². The van der Waals surface area contributed by atoms with Crippen molar-refractivity contribution in [2.75, 3.05) is 14.1 Å². The fourth-order valence-electron chi connectivity index (χ4n) is 0.875. The van der Waals surface area contributed by atoms with Crippen molar-refractivity contribution in [1.29, 1.82) is 0 Å². The maximum Gasteiger partial charge on any atom is 0.203 e. The second-order valence-corrected chi connectivity index (χ2v) is 8.62. The molecular weight excluding hydrogens is 140 g/mol. The molecule has 0 saturated carbocycles. The first kappa shape index (κ1) is 10.1. The first-order valence-corrected chi connectivity index (χ1v) is 6.25. The molecule has 2 N–H and O–H groups in total. The quantitative estimate of drug-likeness (QED) is 0.595. The summed E-state index contributed by atoms with van der Waals surface area (Å²) < 4.78 is 0. The minimum atomic E-state index is -1.40. The van der Waals surface area contributed by atoms with Crippen LogP contribution in [0.25, 0.3) is 0 Å². The SMILES string of the molecule is CN[Si](C)(NC)C(C)(C)C. The molecule has 0 fully saturated rings. The molecule has 0 radical (unpaired) electrons. The highest BCUT2D eigenvalue weighted by Gasteiger charge is 2.37. The Morgan fingerprint density at radius 3 is 1.30 bits per heavy atom. The van der Waals surface area contributed by atoms with Gasteiger partial charge in [0.05, 0.1) is 0 Å².